The zero-order valence-electron chi connectivity index (χ0n) is 4.97. The Labute approximate surface area is 57.4 Å². The number of aliphatic hydroxyl groups is 1. The van der Waals surface area contributed by atoms with Crippen LogP contribution >= 0.6 is 21.0 Å². The Morgan fingerprint density at radius 2 is 2.12 bits per heavy atom. The van der Waals surface area contributed by atoms with Gasteiger partial charge in [0.25, 0.3) is 0 Å². The summed E-state index contributed by atoms with van der Waals surface area (Å²) in [5.74, 6) is 2.08. The number of thioether (sulfide) groups is 1. The van der Waals surface area contributed by atoms with Gasteiger partial charge in [-0.05, 0) is 18.3 Å². The molecule has 0 radical (unpaired) electrons. The fourth-order valence-corrected chi connectivity index (χ4v) is 1.56. The zero-order valence-corrected chi connectivity index (χ0v) is 6.94. The van der Waals surface area contributed by atoms with Crippen LogP contribution in [0.3, 0.4) is 0 Å². The van der Waals surface area contributed by atoms with E-state index in [0.717, 1.165) is 5.75 Å². The molecule has 0 heterocycles. The predicted molar refractivity (Wildman–Crippen MR) is 43.6 cm³/mol. The molecular weight excluding hydrogens is 139 g/mol. The molecule has 0 aromatic rings. The highest BCUT2D eigenvalue weighted by Crippen LogP contribution is 2.01. The zero-order chi connectivity index (χ0) is 6.24. The molecule has 1 N–H and O–H groups in total. The largest absolute Gasteiger partial charge is 0.396 e. The second kappa shape index (κ2) is 7.74. The van der Waals surface area contributed by atoms with Gasteiger partial charge in [-0.1, -0.05) is 0 Å². The molecular formula is C5H13OPS. The van der Waals surface area contributed by atoms with E-state index in [9.17, 15) is 0 Å². The summed E-state index contributed by atoms with van der Waals surface area (Å²) in [6.45, 7) is 0.321. The molecule has 0 bridgehead atoms. The van der Waals surface area contributed by atoms with Crippen molar-refractivity contribution < 1.29 is 5.11 Å². The van der Waals surface area contributed by atoms with E-state index in [1.807, 2.05) is 11.8 Å². The minimum absolute atomic E-state index is 0.321. The Morgan fingerprint density at radius 3 is 2.62 bits per heavy atom. The molecule has 1 nitrogen and oxygen atoms in total. The third kappa shape index (κ3) is 6.74. The molecule has 0 aliphatic heterocycles. The Hall–Kier alpha value is 0.740. The lowest BCUT2D eigenvalue weighted by molar-refractivity contribution is 0.322. The molecule has 0 aliphatic carbocycles. The summed E-state index contributed by atoms with van der Waals surface area (Å²) >= 11 is 1.81. The van der Waals surface area contributed by atoms with Gasteiger partial charge in [-0.25, -0.2) is 0 Å². The molecule has 8 heavy (non-hydrogen) atoms. The minimum Gasteiger partial charge on any atom is -0.396 e. The van der Waals surface area contributed by atoms with Gasteiger partial charge in [-0.15, -0.1) is 9.24 Å². The van der Waals surface area contributed by atoms with Crippen molar-refractivity contribution in [1.82, 2.24) is 0 Å². The van der Waals surface area contributed by atoms with E-state index in [4.69, 9.17) is 5.11 Å². The monoisotopic (exact) mass is 152 g/mol. The number of hydrogen-bond acceptors (Lipinski definition) is 2. The summed E-state index contributed by atoms with van der Waals surface area (Å²) in [6.07, 6.45) is 2.42. The molecule has 0 aromatic heterocycles. The lowest BCUT2D eigenvalue weighted by atomic mass is 10.6. The minimum atomic E-state index is 0.321. The van der Waals surface area contributed by atoms with Crippen molar-refractivity contribution in [3.05, 3.63) is 0 Å². The lowest BCUT2D eigenvalue weighted by Gasteiger charge is -1.93. The second-order valence-corrected chi connectivity index (χ2v) is 3.28. The maximum absolute atomic E-state index is 8.34. The van der Waals surface area contributed by atoms with Crippen LogP contribution in [0.25, 0.3) is 0 Å². The van der Waals surface area contributed by atoms with Crippen molar-refractivity contribution in [2.45, 2.75) is 6.42 Å². The normalized spacial score (nSPS) is 9.75. The Balaban J connectivity index is 2.53. The van der Waals surface area contributed by atoms with Crippen LogP contribution in [-0.2, 0) is 0 Å². The molecule has 3 heteroatoms. The van der Waals surface area contributed by atoms with E-state index >= 15 is 0 Å². The molecule has 0 spiro atoms. The van der Waals surface area contributed by atoms with Gasteiger partial charge in [0.05, 0.1) is 6.61 Å². The van der Waals surface area contributed by atoms with Crippen LogP contribution in [0.2, 0.25) is 0 Å². The van der Waals surface area contributed by atoms with Crippen molar-refractivity contribution in [3.8, 4) is 0 Å². The third-order valence-electron chi connectivity index (χ3n) is 0.728. The van der Waals surface area contributed by atoms with Crippen molar-refractivity contribution in [3.63, 3.8) is 0 Å². The van der Waals surface area contributed by atoms with E-state index in [1.54, 1.807) is 0 Å². The third-order valence-corrected chi connectivity index (χ3v) is 2.19. The van der Waals surface area contributed by atoms with Crippen molar-refractivity contribution in [2.24, 2.45) is 0 Å². The highest BCUT2D eigenvalue weighted by Gasteiger charge is 1.83. The molecule has 0 saturated carbocycles. The van der Waals surface area contributed by atoms with Crippen LogP contribution in [0.5, 0.6) is 0 Å². The molecule has 0 aromatic carbocycles. The van der Waals surface area contributed by atoms with Crippen molar-refractivity contribution in [2.75, 3.05) is 24.3 Å². The first-order valence-electron chi connectivity index (χ1n) is 2.80. The SMILES string of the molecule is OCCSCCCP. The Bertz CT molecular complexity index is 37.4. The maximum Gasteiger partial charge on any atom is 0.0521 e. The van der Waals surface area contributed by atoms with Gasteiger partial charge in [-0.2, -0.15) is 11.8 Å². The quantitative estimate of drug-likeness (QED) is 0.468. The van der Waals surface area contributed by atoms with Gasteiger partial charge >= 0.3 is 0 Å². The van der Waals surface area contributed by atoms with Crippen molar-refractivity contribution in [1.29, 1.82) is 0 Å². The average molecular weight is 152 g/mol. The molecule has 0 fully saturated rings. The van der Waals surface area contributed by atoms with Crippen LogP contribution in [0, 0.1) is 0 Å². The topological polar surface area (TPSA) is 20.2 Å². The fourth-order valence-electron chi connectivity index (χ4n) is 0.352. The molecule has 0 saturated heterocycles. The summed E-state index contributed by atoms with van der Waals surface area (Å²) in [4.78, 5) is 0. The predicted octanol–water partition coefficient (Wildman–Crippen LogP) is 0.977. The maximum atomic E-state index is 8.34. The van der Waals surface area contributed by atoms with Crippen LogP contribution < -0.4 is 0 Å². The van der Waals surface area contributed by atoms with Crippen LogP contribution in [0.15, 0.2) is 0 Å². The van der Waals surface area contributed by atoms with E-state index < -0.39 is 0 Å². The van der Waals surface area contributed by atoms with Gasteiger partial charge in [-0.3, -0.25) is 0 Å². The van der Waals surface area contributed by atoms with E-state index in [-0.39, 0.29) is 0 Å². The second-order valence-electron chi connectivity index (χ2n) is 1.48. The summed E-state index contributed by atoms with van der Waals surface area (Å²) < 4.78 is 0. The Kier molecular flexibility index (Phi) is 8.46. The summed E-state index contributed by atoms with van der Waals surface area (Å²) in [7, 11) is 2.69. The average Bonchev–Trinajstić information content (AvgIpc) is 1.81. The van der Waals surface area contributed by atoms with Gasteiger partial charge in [0, 0.05) is 5.75 Å². The van der Waals surface area contributed by atoms with Gasteiger partial charge in [0.1, 0.15) is 0 Å². The fraction of sp³-hybridized carbons (Fsp3) is 1.00. The highest BCUT2D eigenvalue weighted by atomic mass is 32.2. The molecule has 0 rings (SSSR count). The Morgan fingerprint density at radius 1 is 1.38 bits per heavy atom. The first kappa shape index (κ1) is 8.74. The number of rotatable bonds is 5. The summed E-state index contributed by atoms with van der Waals surface area (Å²) in [5, 5.41) is 8.34. The first-order chi connectivity index (χ1) is 3.91. The standard InChI is InChI=1S/C5H13OPS/c6-2-5-8-4-1-3-7/h6H,1-5,7H2. The van der Waals surface area contributed by atoms with Gasteiger partial charge in [0.15, 0.2) is 0 Å². The summed E-state index contributed by atoms with van der Waals surface area (Å²) in [6, 6.07) is 0. The van der Waals surface area contributed by atoms with Gasteiger partial charge < -0.3 is 5.11 Å². The smallest absolute Gasteiger partial charge is 0.0521 e. The molecule has 1 atom stereocenters. The first-order valence-corrected chi connectivity index (χ1v) is 4.77. The van der Waals surface area contributed by atoms with E-state index in [0.29, 0.717) is 6.61 Å². The molecule has 1 unspecified atom stereocenters. The molecule has 0 aliphatic rings. The number of aliphatic hydroxyl groups excluding tert-OH is 1. The lowest BCUT2D eigenvalue weighted by Crippen LogP contribution is -1.88. The highest BCUT2D eigenvalue weighted by molar-refractivity contribution is 7.99. The number of hydrogen-bond donors (Lipinski definition) is 1. The molecule has 0 amide bonds. The van der Waals surface area contributed by atoms with Crippen LogP contribution in [0.1, 0.15) is 6.42 Å². The molecule has 50 valence electrons. The summed E-state index contributed by atoms with van der Waals surface area (Å²) in [5.41, 5.74) is 0. The van der Waals surface area contributed by atoms with Gasteiger partial charge in [0.2, 0.25) is 0 Å². The van der Waals surface area contributed by atoms with Crippen molar-refractivity contribution >= 4 is 21.0 Å². The van der Waals surface area contributed by atoms with E-state index in [2.05, 4.69) is 9.24 Å². The van der Waals surface area contributed by atoms with E-state index in [1.165, 1.54) is 18.3 Å². The van der Waals surface area contributed by atoms with Crippen LogP contribution in [-0.4, -0.2) is 29.4 Å². The van der Waals surface area contributed by atoms with Crippen LogP contribution in [0.4, 0.5) is 0 Å².